The largest absolute Gasteiger partial charge is 0.340 e. The van der Waals surface area contributed by atoms with Gasteiger partial charge in [0.1, 0.15) is 11.6 Å². The molecule has 0 saturated heterocycles. The number of hydrogen-bond acceptors (Lipinski definition) is 4. The van der Waals surface area contributed by atoms with Crippen molar-refractivity contribution in [2.24, 2.45) is 7.05 Å². The zero-order valence-electron chi connectivity index (χ0n) is 17.4. The molecule has 8 heteroatoms. The number of benzene rings is 2. The van der Waals surface area contributed by atoms with Crippen LogP contribution < -0.4 is 4.72 Å². The molecule has 3 aromatic heterocycles. The van der Waals surface area contributed by atoms with Gasteiger partial charge in [-0.1, -0.05) is 11.9 Å². The number of anilines is 1. The fourth-order valence-corrected chi connectivity index (χ4v) is 4.11. The molecule has 0 spiro atoms. The first-order valence-electron chi connectivity index (χ1n) is 9.87. The van der Waals surface area contributed by atoms with Crippen LogP contribution in [-0.4, -0.2) is 25.4 Å². The predicted octanol–water partition coefficient (Wildman–Crippen LogP) is 6.04. The SMILES string of the molecule is CSNc1cc(-c2ccc(F)cc2F)cc(-c2cnn3cc(-c4cn(C)cn4)ccc23)c1. The number of imidazole rings is 1. The van der Waals surface area contributed by atoms with E-state index in [1.54, 1.807) is 12.5 Å². The average molecular weight is 448 g/mol. The molecule has 160 valence electrons. The third-order valence-corrected chi connectivity index (χ3v) is 5.66. The molecule has 0 saturated carbocycles. The first kappa shape index (κ1) is 20.3. The molecule has 0 radical (unpaired) electrons. The first-order chi connectivity index (χ1) is 15.5. The molecule has 0 aliphatic carbocycles. The van der Waals surface area contributed by atoms with Gasteiger partial charge in [0.05, 0.1) is 23.7 Å². The molecular formula is C24H19F2N5S. The fraction of sp³-hybridized carbons (Fsp3) is 0.0833. The second-order valence-corrected chi connectivity index (χ2v) is 8.07. The summed E-state index contributed by atoms with van der Waals surface area (Å²) in [6.07, 6.45) is 9.35. The van der Waals surface area contributed by atoms with Crippen LogP contribution in [0.15, 0.2) is 73.4 Å². The smallest absolute Gasteiger partial charge is 0.133 e. The van der Waals surface area contributed by atoms with Crippen molar-refractivity contribution in [2.75, 3.05) is 11.0 Å². The highest BCUT2D eigenvalue weighted by atomic mass is 32.2. The zero-order valence-corrected chi connectivity index (χ0v) is 18.2. The molecule has 5 aromatic rings. The zero-order chi connectivity index (χ0) is 22.2. The van der Waals surface area contributed by atoms with Crippen molar-refractivity contribution in [3.8, 4) is 33.5 Å². The Labute approximate surface area is 187 Å². The van der Waals surface area contributed by atoms with Gasteiger partial charge in [0.25, 0.3) is 0 Å². The van der Waals surface area contributed by atoms with E-state index in [1.807, 2.05) is 65.1 Å². The quantitative estimate of drug-likeness (QED) is 0.334. The summed E-state index contributed by atoms with van der Waals surface area (Å²) in [5, 5.41) is 4.53. The third kappa shape index (κ3) is 3.73. The van der Waals surface area contributed by atoms with E-state index in [0.717, 1.165) is 39.7 Å². The second-order valence-electron chi connectivity index (χ2n) is 7.46. The van der Waals surface area contributed by atoms with Gasteiger partial charge in [0.2, 0.25) is 0 Å². The van der Waals surface area contributed by atoms with Gasteiger partial charge in [-0.05, 0) is 53.6 Å². The Morgan fingerprint density at radius 3 is 2.44 bits per heavy atom. The monoisotopic (exact) mass is 447 g/mol. The molecule has 0 bridgehead atoms. The normalized spacial score (nSPS) is 11.2. The van der Waals surface area contributed by atoms with Crippen LogP contribution in [0.1, 0.15) is 0 Å². The van der Waals surface area contributed by atoms with Crippen molar-refractivity contribution in [3.63, 3.8) is 0 Å². The number of aromatic nitrogens is 4. The maximum atomic E-state index is 14.5. The molecule has 0 aliphatic heterocycles. The average Bonchev–Trinajstić information content (AvgIpc) is 3.39. The Hall–Kier alpha value is -3.65. The molecule has 0 aliphatic rings. The number of halogens is 2. The van der Waals surface area contributed by atoms with E-state index < -0.39 is 11.6 Å². The topological polar surface area (TPSA) is 47.2 Å². The molecule has 3 heterocycles. The lowest BCUT2D eigenvalue weighted by molar-refractivity contribution is 0.585. The molecule has 0 atom stereocenters. The van der Waals surface area contributed by atoms with Gasteiger partial charge < -0.3 is 9.29 Å². The standard InChI is InChI=1S/C24H19F2N5S/c1-30-13-23(27-14-30)15-3-6-24-21(11-28-31(24)12-15)17-7-16(8-19(9-17)29-32-2)20-5-4-18(25)10-22(20)26/h3-14,29H,1-2H3. The number of aryl methyl sites for hydroxylation is 1. The lowest BCUT2D eigenvalue weighted by Gasteiger charge is -2.11. The Morgan fingerprint density at radius 1 is 0.906 bits per heavy atom. The lowest BCUT2D eigenvalue weighted by atomic mass is 9.98. The van der Waals surface area contributed by atoms with Crippen LogP contribution in [0, 0.1) is 11.6 Å². The summed E-state index contributed by atoms with van der Waals surface area (Å²) in [5.41, 5.74) is 6.34. The number of nitrogens with one attached hydrogen (secondary N) is 1. The highest BCUT2D eigenvalue weighted by molar-refractivity contribution is 7.99. The van der Waals surface area contributed by atoms with Crippen LogP contribution in [0.3, 0.4) is 0 Å². The van der Waals surface area contributed by atoms with Gasteiger partial charge in [-0.25, -0.2) is 18.3 Å². The third-order valence-electron chi connectivity index (χ3n) is 5.22. The van der Waals surface area contributed by atoms with Crippen LogP contribution in [0.2, 0.25) is 0 Å². The Kier molecular flexibility index (Phi) is 5.14. The summed E-state index contributed by atoms with van der Waals surface area (Å²) >= 11 is 1.44. The maximum absolute atomic E-state index is 14.5. The van der Waals surface area contributed by atoms with Gasteiger partial charge >= 0.3 is 0 Å². The van der Waals surface area contributed by atoms with Crippen LogP contribution in [0.5, 0.6) is 0 Å². The van der Waals surface area contributed by atoms with Crippen LogP contribution in [0.25, 0.3) is 39.0 Å². The van der Waals surface area contributed by atoms with E-state index in [-0.39, 0.29) is 0 Å². The molecule has 5 rings (SSSR count). The molecule has 32 heavy (non-hydrogen) atoms. The maximum Gasteiger partial charge on any atom is 0.133 e. The van der Waals surface area contributed by atoms with Crippen molar-refractivity contribution < 1.29 is 8.78 Å². The molecular weight excluding hydrogens is 428 g/mol. The first-order valence-corrected chi connectivity index (χ1v) is 11.1. The second kappa shape index (κ2) is 8.12. The number of fused-ring (bicyclic) bond motifs is 1. The molecule has 0 amide bonds. The van der Waals surface area contributed by atoms with E-state index >= 15 is 0 Å². The summed E-state index contributed by atoms with van der Waals surface area (Å²) in [5.74, 6) is -1.20. The minimum atomic E-state index is -0.601. The van der Waals surface area contributed by atoms with E-state index in [4.69, 9.17) is 0 Å². The highest BCUT2D eigenvalue weighted by Gasteiger charge is 2.14. The number of hydrogen-bond donors (Lipinski definition) is 1. The molecule has 0 unspecified atom stereocenters. The van der Waals surface area contributed by atoms with Crippen molar-refractivity contribution in [1.29, 1.82) is 0 Å². The van der Waals surface area contributed by atoms with Crippen LogP contribution in [-0.2, 0) is 7.05 Å². The molecule has 1 N–H and O–H groups in total. The Balaban J connectivity index is 1.62. The van der Waals surface area contributed by atoms with E-state index in [2.05, 4.69) is 14.8 Å². The van der Waals surface area contributed by atoms with Gasteiger partial charge in [0, 0.05) is 54.1 Å². The summed E-state index contributed by atoms with van der Waals surface area (Å²) in [4.78, 5) is 4.40. The van der Waals surface area contributed by atoms with Crippen molar-refractivity contribution in [1.82, 2.24) is 19.2 Å². The number of nitrogens with zero attached hydrogens (tertiary/aromatic N) is 4. The van der Waals surface area contributed by atoms with E-state index in [9.17, 15) is 8.78 Å². The van der Waals surface area contributed by atoms with Gasteiger partial charge in [-0.2, -0.15) is 5.10 Å². The van der Waals surface area contributed by atoms with Crippen molar-refractivity contribution in [3.05, 3.63) is 85.1 Å². The van der Waals surface area contributed by atoms with Crippen LogP contribution in [0.4, 0.5) is 14.5 Å². The lowest BCUT2D eigenvalue weighted by Crippen LogP contribution is -1.92. The van der Waals surface area contributed by atoms with Crippen molar-refractivity contribution in [2.45, 2.75) is 0 Å². The Morgan fingerprint density at radius 2 is 1.72 bits per heavy atom. The fourth-order valence-electron chi connectivity index (χ4n) is 3.76. The summed E-state index contributed by atoms with van der Waals surface area (Å²) in [7, 11) is 1.93. The minimum absolute atomic E-state index is 0.339. The van der Waals surface area contributed by atoms with Crippen LogP contribution >= 0.6 is 11.9 Å². The highest BCUT2D eigenvalue weighted by Crippen LogP contribution is 2.34. The van der Waals surface area contributed by atoms with E-state index in [0.29, 0.717) is 11.1 Å². The Bertz CT molecular complexity index is 1440. The summed E-state index contributed by atoms with van der Waals surface area (Å²) in [6.45, 7) is 0. The predicted molar refractivity (Wildman–Crippen MR) is 125 cm³/mol. The van der Waals surface area contributed by atoms with Gasteiger partial charge in [0.15, 0.2) is 0 Å². The van der Waals surface area contributed by atoms with Crippen molar-refractivity contribution >= 4 is 23.2 Å². The molecule has 2 aromatic carbocycles. The summed E-state index contributed by atoms with van der Waals surface area (Å²) < 4.78 is 34.8. The summed E-state index contributed by atoms with van der Waals surface area (Å²) in [6, 6.07) is 13.4. The number of rotatable bonds is 5. The minimum Gasteiger partial charge on any atom is -0.340 e. The molecule has 5 nitrogen and oxygen atoms in total. The van der Waals surface area contributed by atoms with E-state index in [1.165, 1.54) is 24.1 Å². The van der Waals surface area contributed by atoms with Gasteiger partial charge in [-0.3, -0.25) is 0 Å². The van der Waals surface area contributed by atoms with Gasteiger partial charge in [-0.15, -0.1) is 0 Å². The number of pyridine rings is 1. The molecule has 0 fully saturated rings.